The van der Waals surface area contributed by atoms with Crippen molar-refractivity contribution in [2.45, 2.75) is 110 Å². The number of nitrogens with zero attached hydrogens (tertiary/aromatic N) is 3. The van der Waals surface area contributed by atoms with Crippen molar-refractivity contribution >= 4 is 37.8 Å². The van der Waals surface area contributed by atoms with Gasteiger partial charge < -0.3 is 24.0 Å². The third-order valence-electron chi connectivity index (χ3n) is 9.23. The number of likely N-dealkylation sites (tertiary alicyclic amines) is 1. The summed E-state index contributed by atoms with van der Waals surface area (Å²) in [5.74, 6) is -0.654. The van der Waals surface area contributed by atoms with Gasteiger partial charge in [0.2, 0.25) is 11.8 Å². The molecule has 2 aromatic heterocycles. The number of nitrogens with one attached hydrogen (secondary N) is 1. The molecule has 3 heterocycles. The number of hydrogen-bond acceptors (Lipinski definition) is 8. The Kier molecular flexibility index (Phi) is 10.9. The second kappa shape index (κ2) is 14.1. The van der Waals surface area contributed by atoms with E-state index in [0.29, 0.717) is 37.3 Å². The summed E-state index contributed by atoms with van der Waals surface area (Å²) in [5, 5.41) is 7.27. The number of rotatable bonds is 12. The molecular formula is C34H48N4O5SSi. The number of benzene rings is 1. The Morgan fingerprint density at radius 2 is 1.89 bits per heavy atom. The van der Waals surface area contributed by atoms with E-state index in [1.54, 1.807) is 22.3 Å². The van der Waals surface area contributed by atoms with Gasteiger partial charge in [-0.15, -0.1) is 11.3 Å². The molecule has 244 valence electrons. The van der Waals surface area contributed by atoms with E-state index < -0.39 is 20.3 Å². The Balaban J connectivity index is 1.57. The van der Waals surface area contributed by atoms with Crippen LogP contribution in [0.2, 0.25) is 18.1 Å². The molecular weight excluding hydrogens is 605 g/mol. The van der Waals surface area contributed by atoms with Crippen molar-refractivity contribution in [3.63, 3.8) is 0 Å². The molecule has 1 saturated heterocycles. The van der Waals surface area contributed by atoms with Gasteiger partial charge in [0.05, 0.1) is 33.9 Å². The highest BCUT2D eigenvalue weighted by Crippen LogP contribution is 2.40. The van der Waals surface area contributed by atoms with Gasteiger partial charge in [0.1, 0.15) is 24.0 Å². The zero-order chi connectivity index (χ0) is 33.1. The fourth-order valence-electron chi connectivity index (χ4n) is 5.58. The van der Waals surface area contributed by atoms with Crippen molar-refractivity contribution in [1.82, 2.24) is 20.4 Å². The quantitative estimate of drug-likeness (QED) is 0.168. The lowest BCUT2D eigenvalue weighted by Crippen LogP contribution is -2.48. The van der Waals surface area contributed by atoms with Crippen molar-refractivity contribution in [2.24, 2.45) is 5.92 Å². The first-order valence-corrected chi connectivity index (χ1v) is 19.6. The second-order valence-corrected chi connectivity index (χ2v) is 19.6. The molecule has 1 aliphatic heterocycles. The zero-order valence-corrected chi connectivity index (χ0v) is 29.9. The summed E-state index contributed by atoms with van der Waals surface area (Å²) >= 11 is 1.61. The Morgan fingerprint density at radius 1 is 1.20 bits per heavy atom. The summed E-state index contributed by atoms with van der Waals surface area (Å²) in [5.41, 5.74) is 5.55. The lowest BCUT2D eigenvalue weighted by Gasteiger charge is -2.38. The first-order valence-electron chi connectivity index (χ1n) is 15.8. The third kappa shape index (κ3) is 7.99. The van der Waals surface area contributed by atoms with Crippen LogP contribution >= 0.6 is 11.3 Å². The first kappa shape index (κ1) is 34.7. The van der Waals surface area contributed by atoms with E-state index in [1.807, 2.05) is 45.3 Å². The molecule has 3 aromatic rings. The monoisotopic (exact) mass is 652 g/mol. The van der Waals surface area contributed by atoms with Crippen molar-refractivity contribution in [2.75, 3.05) is 6.54 Å². The molecule has 4 atom stereocenters. The van der Waals surface area contributed by atoms with E-state index in [0.717, 1.165) is 28.0 Å². The van der Waals surface area contributed by atoms with E-state index in [9.17, 15) is 14.4 Å². The van der Waals surface area contributed by atoms with Gasteiger partial charge in [-0.05, 0) is 55.4 Å². The summed E-state index contributed by atoms with van der Waals surface area (Å²) in [7, 11) is -2.17. The molecule has 11 heteroatoms. The Labute approximate surface area is 272 Å². The predicted octanol–water partition coefficient (Wildman–Crippen LogP) is 6.85. The molecule has 0 saturated carbocycles. The SMILES string of the molecule is Cc1ncsc1-c1ccc([C@H](C)NC(=O)[C@@H]2CC(O[Si](C)(C)C(C)(C)C)CN2C(=O)C(c2cc(CCC=O)no2)C(C)C)cc1. The minimum Gasteiger partial charge on any atom is -0.412 e. The van der Waals surface area contributed by atoms with Gasteiger partial charge in [-0.25, -0.2) is 4.98 Å². The van der Waals surface area contributed by atoms with Crippen LogP contribution in [0.5, 0.6) is 0 Å². The number of carbonyl (C=O) groups is 3. The number of aryl methyl sites for hydroxylation is 2. The predicted molar refractivity (Wildman–Crippen MR) is 179 cm³/mol. The maximum absolute atomic E-state index is 14.3. The van der Waals surface area contributed by atoms with E-state index in [2.05, 4.69) is 61.5 Å². The summed E-state index contributed by atoms with van der Waals surface area (Å²) in [4.78, 5) is 46.3. The van der Waals surface area contributed by atoms with Crippen LogP contribution in [-0.4, -0.2) is 60.1 Å². The molecule has 1 aliphatic rings. The van der Waals surface area contributed by atoms with E-state index >= 15 is 0 Å². The van der Waals surface area contributed by atoms with Gasteiger partial charge in [-0.1, -0.05) is 64.0 Å². The molecule has 2 amide bonds. The van der Waals surface area contributed by atoms with Gasteiger partial charge >= 0.3 is 0 Å². The topological polar surface area (TPSA) is 115 Å². The van der Waals surface area contributed by atoms with Crippen LogP contribution in [0.1, 0.15) is 89.1 Å². The molecule has 0 radical (unpaired) electrons. The second-order valence-electron chi connectivity index (χ2n) is 14.0. The minimum absolute atomic E-state index is 0.0151. The highest BCUT2D eigenvalue weighted by Gasteiger charge is 2.47. The highest BCUT2D eigenvalue weighted by atomic mass is 32.1. The normalized spacial score (nSPS) is 18.7. The zero-order valence-electron chi connectivity index (χ0n) is 28.0. The molecule has 1 N–H and O–H groups in total. The van der Waals surface area contributed by atoms with Gasteiger partial charge in [0, 0.05) is 25.5 Å². The maximum Gasteiger partial charge on any atom is 0.243 e. The van der Waals surface area contributed by atoms with Crippen LogP contribution < -0.4 is 5.32 Å². The van der Waals surface area contributed by atoms with Crippen molar-refractivity contribution in [3.05, 3.63) is 58.6 Å². The number of carbonyl (C=O) groups excluding carboxylic acids is 3. The third-order valence-corrected chi connectivity index (χ3v) is 14.7. The molecule has 2 unspecified atom stereocenters. The molecule has 4 rings (SSSR count). The molecule has 1 fully saturated rings. The van der Waals surface area contributed by atoms with Gasteiger partial charge in [0.25, 0.3) is 0 Å². The lowest BCUT2D eigenvalue weighted by molar-refractivity contribution is -0.141. The van der Waals surface area contributed by atoms with Crippen molar-refractivity contribution in [1.29, 1.82) is 0 Å². The number of aldehydes is 1. The number of hydrogen-bond donors (Lipinski definition) is 1. The number of amides is 2. The molecule has 0 spiro atoms. The van der Waals surface area contributed by atoms with Crippen molar-refractivity contribution in [3.8, 4) is 10.4 Å². The Bertz CT molecular complexity index is 1480. The van der Waals surface area contributed by atoms with Crippen molar-refractivity contribution < 1.29 is 23.3 Å². The van der Waals surface area contributed by atoms with Gasteiger partial charge in [-0.3, -0.25) is 9.59 Å². The number of aromatic nitrogens is 2. The molecule has 0 bridgehead atoms. The smallest absolute Gasteiger partial charge is 0.243 e. The molecule has 0 aliphatic carbocycles. The summed E-state index contributed by atoms with van der Waals surface area (Å²) in [6, 6.07) is 8.99. The lowest BCUT2D eigenvalue weighted by atomic mass is 9.91. The van der Waals surface area contributed by atoms with Gasteiger partial charge in [0.15, 0.2) is 8.32 Å². The van der Waals surface area contributed by atoms with Crippen LogP contribution in [0.25, 0.3) is 10.4 Å². The summed E-state index contributed by atoms with van der Waals surface area (Å²) < 4.78 is 12.4. The minimum atomic E-state index is -2.17. The highest BCUT2D eigenvalue weighted by molar-refractivity contribution is 7.13. The maximum atomic E-state index is 14.3. The standard InChI is InChI=1S/C34H48N4O5SSi/c1-21(2)30(29-17-26(37-42-29)11-10-16-39)33(41)38-19-27(43-45(8,9)34(5,6)7)18-28(38)32(40)36-22(3)24-12-14-25(15-13-24)31-23(4)35-20-44-31/h12-17,20-22,27-28,30H,10-11,18-19H2,1-9H3,(H,36,40)/t22-,27?,28-,30?/m0/s1. The van der Waals surface area contributed by atoms with E-state index in [4.69, 9.17) is 8.95 Å². The van der Waals surface area contributed by atoms with Crippen LogP contribution in [0.15, 0.2) is 40.4 Å². The Morgan fingerprint density at radius 3 is 2.47 bits per heavy atom. The first-order chi connectivity index (χ1) is 21.1. The van der Waals surface area contributed by atoms with E-state index in [-0.39, 0.29) is 34.9 Å². The summed E-state index contributed by atoms with van der Waals surface area (Å²) in [6.45, 7) is 19.2. The largest absolute Gasteiger partial charge is 0.412 e. The van der Waals surface area contributed by atoms with Crippen LogP contribution in [0.4, 0.5) is 0 Å². The Hall–Kier alpha value is -3.15. The fraction of sp³-hybridized carbons (Fsp3) is 0.559. The van der Waals surface area contributed by atoms with Crippen LogP contribution in [0, 0.1) is 12.8 Å². The fourth-order valence-corrected chi connectivity index (χ4v) is 7.75. The average Bonchev–Trinajstić information content (AvgIpc) is 3.71. The van der Waals surface area contributed by atoms with Gasteiger partial charge in [-0.2, -0.15) is 0 Å². The van der Waals surface area contributed by atoms with Crippen LogP contribution in [-0.2, 0) is 25.2 Å². The number of thiazole rings is 1. The molecule has 1 aromatic carbocycles. The molecule has 9 nitrogen and oxygen atoms in total. The average molecular weight is 653 g/mol. The summed E-state index contributed by atoms with van der Waals surface area (Å²) in [6.07, 6.45) is 1.79. The molecule has 45 heavy (non-hydrogen) atoms. The van der Waals surface area contributed by atoms with Crippen LogP contribution in [0.3, 0.4) is 0 Å². The van der Waals surface area contributed by atoms with E-state index in [1.165, 1.54) is 0 Å².